The molecule has 0 amide bonds. The zero-order chi connectivity index (χ0) is 11.8. The average Bonchev–Trinajstić information content (AvgIpc) is 2.34. The molecule has 4 heteroatoms. The molecule has 0 radical (unpaired) electrons. The van der Waals surface area contributed by atoms with E-state index in [1.165, 1.54) is 0 Å². The third-order valence-electron chi connectivity index (χ3n) is 2.08. The minimum atomic E-state index is -0.296. The van der Waals surface area contributed by atoms with Crippen molar-refractivity contribution in [3.8, 4) is 17.6 Å². The van der Waals surface area contributed by atoms with Gasteiger partial charge in [0.05, 0.1) is 13.2 Å². The van der Waals surface area contributed by atoms with Gasteiger partial charge in [-0.1, -0.05) is 19.1 Å². The van der Waals surface area contributed by atoms with Crippen molar-refractivity contribution < 1.29 is 9.47 Å². The summed E-state index contributed by atoms with van der Waals surface area (Å²) in [5.41, 5.74) is 0. The first kappa shape index (κ1) is 12.3. The Kier molecular flexibility index (Phi) is 5.17. The van der Waals surface area contributed by atoms with Gasteiger partial charge < -0.3 is 9.47 Å². The van der Waals surface area contributed by atoms with Crippen LogP contribution in [0.2, 0.25) is 0 Å². The van der Waals surface area contributed by atoms with E-state index in [-0.39, 0.29) is 6.04 Å². The number of hydrogen-bond donors (Lipinski definition) is 1. The molecule has 0 heterocycles. The van der Waals surface area contributed by atoms with Gasteiger partial charge >= 0.3 is 0 Å². The second-order valence-electron chi connectivity index (χ2n) is 3.20. The standard InChI is InChI=1S/C12H16N2O2/c1-3-14-10(8-13)9-16-12-7-5-4-6-11(12)15-2/h4-7,10,14H,3,9H2,1-2H3. The fourth-order valence-corrected chi connectivity index (χ4v) is 1.30. The first-order chi connectivity index (χ1) is 7.81. The maximum absolute atomic E-state index is 8.84. The van der Waals surface area contributed by atoms with Gasteiger partial charge in [-0.05, 0) is 18.7 Å². The van der Waals surface area contributed by atoms with Crippen molar-refractivity contribution in [2.75, 3.05) is 20.3 Å². The Hall–Kier alpha value is -1.73. The van der Waals surface area contributed by atoms with Gasteiger partial charge in [0.15, 0.2) is 11.5 Å². The molecule has 0 aliphatic carbocycles. The number of hydrogen-bond acceptors (Lipinski definition) is 4. The van der Waals surface area contributed by atoms with Gasteiger partial charge in [0, 0.05) is 0 Å². The molecule has 0 aromatic heterocycles. The molecular weight excluding hydrogens is 204 g/mol. The number of ether oxygens (including phenoxy) is 2. The summed E-state index contributed by atoms with van der Waals surface area (Å²) in [6.07, 6.45) is 0. The van der Waals surface area contributed by atoms with Crippen LogP contribution in [0.3, 0.4) is 0 Å². The summed E-state index contributed by atoms with van der Waals surface area (Å²) in [4.78, 5) is 0. The zero-order valence-corrected chi connectivity index (χ0v) is 9.56. The number of nitriles is 1. The van der Waals surface area contributed by atoms with Crippen molar-refractivity contribution >= 4 is 0 Å². The van der Waals surface area contributed by atoms with E-state index >= 15 is 0 Å². The number of methoxy groups -OCH3 is 1. The van der Waals surface area contributed by atoms with Gasteiger partial charge in [0.1, 0.15) is 12.6 Å². The monoisotopic (exact) mass is 220 g/mol. The molecule has 1 N–H and O–H groups in total. The van der Waals surface area contributed by atoms with Crippen molar-refractivity contribution in [3.63, 3.8) is 0 Å². The van der Waals surface area contributed by atoms with Crippen LogP contribution in [0, 0.1) is 11.3 Å². The normalized spacial score (nSPS) is 11.6. The first-order valence-electron chi connectivity index (χ1n) is 5.20. The van der Waals surface area contributed by atoms with Crippen LogP contribution in [0.5, 0.6) is 11.5 Å². The number of likely N-dealkylation sites (N-methyl/N-ethyl adjacent to an activating group) is 1. The number of rotatable bonds is 6. The topological polar surface area (TPSA) is 54.3 Å². The van der Waals surface area contributed by atoms with E-state index in [0.717, 1.165) is 6.54 Å². The molecule has 1 aromatic rings. The molecule has 86 valence electrons. The number of nitrogens with zero attached hydrogens (tertiary/aromatic N) is 1. The second-order valence-corrected chi connectivity index (χ2v) is 3.20. The predicted octanol–water partition coefficient (Wildman–Crippen LogP) is 1.58. The van der Waals surface area contributed by atoms with Gasteiger partial charge in [-0.25, -0.2) is 0 Å². The van der Waals surface area contributed by atoms with E-state index in [1.54, 1.807) is 7.11 Å². The van der Waals surface area contributed by atoms with E-state index in [9.17, 15) is 0 Å². The third kappa shape index (κ3) is 3.44. The quantitative estimate of drug-likeness (QED) is 0.790. The Labute approximate surface area is 95.8 Å². The van der Waals surface area contributed by atoms with Crippen LogP contribution in [-0.4, -0.2) is 26.3 Å². The van der Waals surface area contributed by atoms with E-state index in [2.05, 4.69) is 11.4 Å². The molecule has 0 spiro atoms. The summed E-state index contributed by atoms with van der Waals surface area (Å²) in [7, 11) is 1.59. The maximum Gasteiger partial charge on any atom is 0.161 e. The SMILES string of the molecule is CCNC(C#N)COc1ccccc1OC. The Balaban J connectivity index is 2.56. The minimum Gasteiger partial charge on any atom is -0.493 e. The highest BCUT2D eigenvalue weighted by atomic mass is 16.5. The lowest BCUT2D eigenvalue weighted by Gasteiger charge is -2.13. The molecule has 4 nitrogen and oxygen atoms in total. The van der Waals surface area contributed by atoms with Crippen LogP contribution in [0.1, 0.15) is 6.92 Å². The largest absolute Gasteiger partial charge is 0.493 e. The molecular formula is C12H16N2O2. The number of para-hydroxylation sites is 2. The highest BCUT2D eigenvalue weighted by Gasteiger charge is 2.08. The van der Waals surface area contributed by atoms with Crippen molar-refractivity contribution in [1.82, 2.24) is 5.32 Å². The van der Waals surface area contributed by atoms with Crippen molar-refractivity contribution in [3.05, 3.63) is 24.3 Å². The van der Waals surface area contributed by atoms with Gasteiger partial charge in [-0.3, -0.25) is 5.32 Å². The van der Waals surface area contributed by atoms with Crippen LogP contribution in [-0.2, 0) is 0 Å². The molecule has 0 aliphatic rings. The van der Waals surface area contributed by atoms with E-state index in [1.807, 2.05) is 31.2 Å². The zero-order valence-electron chi connectivity index (χ0n) is 9.56. The second kappa shape index (κ2) is 6.70. The molecule has 0 saturated heterocycles. The molecule has 1 rings (SSSR count). The molecule has 1 aromatic carbocycles. The molecule has 1 unspecified atom stereocenters. The smallest absolute Gasteiger partial charge is 0.161 e. The van der Waals surface area contributed by atoms with Crippen LogP contribution in [0.25, 0.3) is 0 Å². The third-order valence-corrected chi connectivity index (χ3v) is 2.08. The van der Waals surface area contributed by atoms with Gasteiger partial charge in [-0.2, -0.15) is 5.26 Å². The summed E-state index contributed by atoms with van der Waals surface area (Å²) in [6.45, 7) is 3.01. The van der Waals surface area contributed by atoms with Crippen molar-refractivity contribution in [2.45, 2.75) is 13.0 Å². The van der Waals surface area contributed by atoms with Crippen LogP contribution >= 0.6 is 0 Å². The molecule has 0 aliphatic heterocycles. The van der Waals surface area contributed by atoms with E-state index < -0.39 is 0 Å². The highest BCUT2D eigenvalue weighted by molar-refractivity contribution is 5.39. The highest BCUT2D eigenvalue weighted by Crippen LogP contribution is 2.25. The average molecular weight is 220 g/mol. The van der Waals surface area contributed by atoms with E-state index in [4.69, 9.17) is 14.7 Å². The summed E-state index contributed by atoms with van der Waals surface area (Å²) in [6, 6.07) is 9.22. The molecule has 16 heavy (non-hydrogen) atoms. The Morgan fingerprint density at radius 3 is 2.62 bits per heavy atom. The summed E-state index contributed by atoms with van der Waals surface area (Å²) < 4.78 is 10.7. The maximum atomic E-state index is 8.84. The Morgan fingerprint density at radius 2 is 2.06 bits per heavy atom. The van der Waals surface area contributed by atoms with E-state index in [0.29, 0.717) is 18.1 Å². The van der Waals surface area contributed by atoms with Crippen molar-refractivity contribution in [1.29, 1.82) is 5.26 Å². The Morgan fingerprint density at radius 1 is 1.38 bits per heavy atom. The minimum absolute atomic E-state index is 0.296. The lowest BCUT2D eigenvalue weighted by Crippen LogP contribution is -2.33. The van der Waals surface area contributed by atoms with Crippen LogP contribution in [0.4, 0.5) is 0 Å². The fraction of sp³-hybridized carbons (Fsp3) is 0.417. The molecule has 0 bridgehead atoms. The van der Waals surface area contributed by atoms with Gasteiger partial charge in [0.2, 0.25) is 0 Å². The molecule has 0 fully saturated rings. The van der Waals surface area contributed by atoms with Crippen LogP contribution in [0.15, 0.2) is 24.3 Å². The summed E-state index contributed by atoms with van der Waals surface area (Å²) in [5, 5.41) is 11.9. The van der Waals surface area contributed by atoms with Crippen LogP contribution < -0.4 is 14.8 Å². The van der Waals surface area contributed by atoms with Gasteiger partial charge in [-0.15, -0.1) is 0 Å². The molecule has 0 saturated carbocycles. The summed E-state index contributed by atoms with van der Waals surface area (Å²) in [5.74, 6) is 1.33. The number of nitrogens with one attached hydrogen (secondary N) is 1. The lowest BCUT2D eigenvalue weighted by atomic mass is 10.3. The molecule has 1 atom stereocenters. The Bertz CT molecular complexity index is 360. The number of benzene rings is 1. The van der Waals surface area contributed by atoms with Crippen molar-refractivity contribution in [2.24, 2.45) is 0 Å². The first-order valence-corrected chi connectivity index (χ1v) is 5.20. The fourth-order valence-electron chi connectivity index (χ4n) is 1.30. The van der Waals surface area contributed by atoms with Gasteiger partial charge in [0.25, 0.3) is 0 Å². The summed E-state index contributed by atoms with van der Waals surface area (Å²) >= 11 is 0. The lowest BCUT2D eigenvalue weighted by molar-refractivity contribution is 0.274. The predicted molar refractivity (Wildman–Crippen MR) is 61.6 cm³/mol.